The van der Waals surface area contributed by atoms with Gasteiger partial charge in [0.2, 0.25) is 0 Å². The zero-order valence-corrected chi connectivity index (χ0v) is 4.35. The molecule has 2 atom stereocenters. The molecule has 2 aliphatic rings. The van der Waals surface area contributed by atoms with E-state index in [4.69, 9.17) is 0 Å². The Balaban J connectivity index is 1.95. The standard InChI is InChI=1S/C5H10N2/c1-2-5-4-7(5)6-3-1/h5-6H,1-4H2. The predicted octanol–water partition coefficient (Wildman–Crippen LogP) is -0.0310. The van der Waals surface area contributed by atoms with Gasteiger partial charge in [0.05, 0.1) is 0 Å². The highest BCUT2D eigenvalue weighted by molar-refractivity contribution is 4.88. The highest BCUT2D eigenvalue weighted by Gasteiger charge is 2.35. The number of hydrazine groups is 1. The molecule has 2 aliphatic heterocycles. The molecule has 7 heavy (non-hydrogen) atoms. The summed E-state index contributed by atoms with van der Waals surface area (Å²) in [6.07, 6.45) is 2.80. The Hall–Kier alpha value is -0.0800. The summed E-state index contributed by atoms with van der Waals surface area (Å²) in [6.45, 7) is 2.51. The van der Waals surface area contributed by atoms with Crippen molar-refractivity contribution in [3.8, 4) is 0 Å². The predicted molar refractivity (Wildman–Crippen MR) is 27.7 cm³/mol. The first kappa shape index (κ1) is 3.87. The highest BCUT2D eigenvalue weighted by atomic mass is 15.6. The minimum absolute atomic E-state index is 0.925. The molecule has 2 nitrogen and oxygen atoms in total. The van der Waals surface area contributed by atoms with Gasteiger partial charge >= 0.3 is 0 Å². The van der Waals surface area contributed by atoms with Crippen LogP contribution >= 0.6 is 0 Å². The van der Waals surface area contributed by atoms with Gasteiger partial charge in [-0.1, -0.05) is 0 Å². The van der Waals surface area contributed by atoms with Crippen LogP contribution in [-0.2, 0) is 0 Å². The third-order valence-corrected chi connectivity index (χ3v) is 1.74. The lowest BCUT2D eigenvalue weighted by molar-refractivity contribution is 0.317. The number of hydrogen-bond acceptors (Lipinski definition) is 2. The van der Waals surface area contributed by atoms with Gasteiger partial charge in [-0.25, -0.2) is 5.01 Å². The second-order valence-corrected chi connectivity index (χ2v) is 2.36. The smallest absolute Gasteiger partial charge is 0.0386 e. The highest BCUT2D eigenvalue weighted by Crippen LogP contribution is 2.21. The molecule has 2 saturated heterocycles. The lowest BCUT2D eigenvalue weighted by Crippen LogP contribution is -2.28. The second kappa shape index (κ2) is 1.20. The average molecular weight is 98.1 g/mol. The van der Waals surface area contributed by atoms with E-state index in [0.717, 1.165) is 6.04 Å². The minimum Gasteiger partial charge on any atom is -0.255 e. The Morgan fingerprint density at radius 1 is 1.57 bits per heavy atom. The molecule has 0 aliphatic carbocycles. The number of hydrogen-bond donors (Lipinski definition) is 1. The van der Waals surface area contributed by atoms with E-state index in [1.54, 1.807) is 0 Å². The molecule has 0 radical (unpaired) electrons. The largest absolute Gasteiger partial charge is 0.255 e. The van der Waals surface area contributed by atoms with Gasteiger partial charge in [-0.2, -0.15) is 0 Å². The van der Waals surface area contributed by atoms with Crippen molar-refractivity contribution in [2.75, 3.05) is 13.1 Å². The van der Waals surface area contributed by atoms with E-state index in [1.165, 1.54) is 25.9 Å². The van der Waals surface area contributed by atoms with Crippen molar-refractivity contribution in [3.05, 3.63) is 0 Å². The van der Waals surface area contributed by atoms with Crippen LogP contribution in [0.15, 0.2) is 0 Å². The van der Waals surface area contributed by atoms with Crippen molar-refractivity contribution in [2.24, 2.45) is 0 Å². The number of nitrogens with one attached hydrogen (secondary N) is 1. The molecule has 0 spiro atoms. The maximum Gasteiger partial charge on any atom is 0.0386 e. The van der Waals surface area contributed by atoms with Gasteiger partial charge in [-0.05, 0) is 12.8 Å². The Labute approximate surface area is 43.5 Å². The molecule has 0 aromatic rings. The zero-order valence-electron chi connectivity index (χ0n) is 4.35. The Morgan fingerprint density at radius 2 is 2.57 bits per heavy atom. The zero-order chi connectivity index (χ0) is 4.69. The monoisotopic (exact) mass is 98.1 g/mol. The lowest BCUT2D eigenvalue weighted by atomic mass is 10.2. The van der Waals surface area contributed by atoms with Crippen LogP contribution in [-0.4, -0.2) is 24.1 Å². The summed E-state index contributed by atoms with van der Waals surface area (Å²) in [7, 11) is 0. The van der Waals surface area contributed by atoms with Gasteiger partial charge in [-0.3, -0.25) is 5.43 Å². The van der Waals surface area contributed by atoms with Gasteiger partial charge in [-0.15, -0.1) is 0 Å². The first-order valence-corrected chi connectivity index (χ1v) is 2.97. The van der Waals surface area contributed by atoms with Crippen molar-refractivity contribution >= 4 is 0 Å². The molecule has 2 rings (SSSR count). The normalized spacial score (nSPS) is 48.0. The Bertz CT molecular complexity index is 72.1. The summed E-state index contributed by atoms with van der Waals surface area (Å²) >= 11 is 0. The molecule has 0 bridgehead atoms. The van der Waals surface area contributed by atoms with Gasteiger partial charge in [0, 0.05) is 19.1 Å². The van der Waals surface area contributed by atoms with E-state index in [1.807, 2.05) is 0 Å². The van der Waals surface area contributed by atoms with Crippen LogP contribution < -0.4 is 5.43 Å². The van der Waals surface area contributed by atoms with E-state index in [-0.39, 0.29) is 0 Å². The van der Waals surface area contributed by atoms with E-state index < -0.39 is 0 Å². The van der Waals surface area contributed by atoms with Crippen molar-refractivity contribution in [3.63, 3.8) is 0 Å². The van der Waals surface area contributed by atoms with Gasteiger partial charge < -0.3 is 0 Å². The topological polar surface area (TPSA) is 15.0 Å². The maximum absolute atomic E-state index is 3.29. The van der Waals surface area contributed by atoms with Crippen LogP contribution in [0.2, 0.25) is 0 Å². The molecular weight excluding hydrogens is 88.1 g/mol. The molecule has 0 aromatic carbocycles. The molecule has 2 heterocycles. The van der Waals surface area contributed by atoms with Crippen LogP contribution in [0.25, 0.3) is 0 Å². The third kappa shape index (κ3) is 0.545. The van der Waals surface area contributed by atoms with Crippen LogP contribution in [0, 0.1) is 0 Å². The molecule has 2 fully saturated rings. The van der Waals surface area contributed by atoms with Crippen LogP contribution in [0.5, 0.6) is 0 Å². The minimum atomic E-state index is 0.925. The summed E-state index contributed by atoms with van der Waals surface area (Å²) in [4.78, 5) is 0. The average Bonchev–Trinajstić information content (AvgIpc) is 2.41. The van der Waals surface area contributed by atoms with Gasteiger partial charge in [0.1, 0.15) is 0 Å². The molecule has 0 saturated carbocycles. The lowest BCUT2D eigenvalue weighted by Gasteiger charge is -2.10. The molecule has 40 valence electrons. The molecule has 1 N–H and O–H groups in total. The summed E-state index contributed by atoms with van der Waals surface area (Å²) in [5, 5.41) is 2.31. The third-order valence-electron chi connectivity index (χ3n) is 1.74. The van der Waals surface area contributed by atoms with E-state index in [0.29, 0.717) is 0 Å². The molecule has 2 unspecified atom stereocenters. The molecular formula is C5H10N2. The quantitative estimate of drug-likeness (QED) is 0.428. The van der Waals surface area contributed by atoms with Crippen molar-refractivity contribution in [2.45, 2.75) is 18.9 Å². The fraction of sp³-hybridized carbons (Fsp3) is 1.00. The van der Waals surface area contributed by atoms with Crippen molar-refractivity contribution in [1.29, 1.82) is 0 Å². The van der Waals surface area contributed by atoms with E-state index in [2.05, 4.69) is 10.4 Å². The van der Waals surface area contributed by atoms with Gasteiger partial charge in [0.25, 0.3) is 0 Å². The first-order valence-electron chi connectivity index (χ1n) is 2.97. The van der Waals surface area contributed by atoms with Crippen molar-refractivity contribution in [1.82, 2.24) is 10.4 Å². The summed E-state index contributed by atoms with van der Waals surface area (Å²) < 4.78 is 0. The van der Waals surface area contributed by atoms with E-state index >= 15 is 0 Å². The van der Waals surface area contributed by atoms with Crippen LogP contribution in [0.1, 0.15) is 12.8 Å². The van der Waals surface area contributed by atoms with Gasteiger partial charge in [0.15, 0.2) is 0 Å². The molecule has 0 amide bonds. The SMILES string of the molecule is C1CNN2CC2C1. The molecule has 0 aromatic heterocycles. The number of fused-ring (bicyclic) bond motifs is 1. The fourth-order valence-electron chi connectivity index (χ4n) is 1.18. The van der Waals surface area contributed by atoms with E-state index in [9.17, 15) is 0 Å². The maximum atomic E-state index is 3.29. The number of rotatable bonds is 0. The first-order chi connectivity index (χ1) is 3.47. The van der Waals surface area contributed by atoms with Crippen LogP contribution in [0.3, 0.4) is 0 Å². The van der Waals surface area contributed by atoms with Crippen molar-refractivity contribution < 1.29 is 0 Å². The molecule has 2 heteroatoms. The summed E-state index contributed by atoms with van der Waals surface area (Å²) in [5.41, 5.74) is 3.29. The summed E-state index contributed by atoms with van der Waals surface area (Å²) in [6, 6.07) is 0.925. The second-order valence-electron chi connectivity index (χ2n) is 2.36. The summed E-state index contributed by atoms with van der Waals surface area (Å²) in [5.74, 6) is 0. The number of nitrogens with zero attached hydrogens (tertiary/aromatic N) is 1. The fourth-order valence-corrected chi connectivity index (χ4v) is 1.18. The Morgan fingerprint density at radius 3 is 3.14 bits per heavy atom. The Kier molecular flexibility index (Phi) is 0.664. The van der Waals surface area contributed by atoms with Crippen LogP contribution in [0.4, 0.5) is 0 Å².